The highest BCUT2D eigenvalue weighted by Crippen LogP contribution is 2.39. The number of pyridine rings is 1. The lowest BCUT2D eigenvalue weighted by atomic mass is 9.84. The van der Waals surface area contributed by atoms with Crippen LogP contribution in [0.5, 0.6) is 11.5 Å². The van der Waals surface area contributed by atoms with Crippen LogP contribution in [0.4, 0.5) is 4.39 Å². The van der Waals surface area contributed by atoms with Gasteiger partial charge < -0.3 is 14.2 Å². The van der Waals surface area contributed by atoms with E-state index in [1.165, 1.54) is 25.5 Å². The largest absolute Gasteiger partial charge is 0.496 e. The standard InChI is InChI=1S/C32H40FN3O4/c1-5-29(33)40-28-18-23(17-27(38-4)31(28)26(37)8-6-7-22-9-10-22)25-20-34-30-19-24(11-12-36(25)30)32(2,3)21-35-13-15-39-16-14-35/h5,11-12,17-20,22,29H,1,6-10,13-16,21H2,2-4H3. The van der Waals surface area contributed by atoms with Gasteiger partial charge in [-0.2, -0.15) is 4.39 Å². The summed E-state index contributed by atoms with van der Waals surface area (Å²) in [6, 6.07) is 7.75. The van der Waals surface area contributed by atoms with Crippen LogP contribution < -0.4 is 9.47 Å². The SMILES string of the molecule is C=CC(F)Oc1cc(-c2cnc3cc(C(C)(C)CN4CCOCC4)ccn23)cc(OC)c1C(=O)CCCC1CC1. The summed E-state index contributed by atoms with van der Waals surface area (Å²) in [7, 11) is 1.52. The van der Waals surface area contributed by atoms with Gasteiger partial charge in [-0.15, -0.1) is 0 Å². The first-order chi connectivity index (χ1) is 19.3. The van der Waals surface area contributed by atoms with Gasteiger partial charge in [-0.3, -0.25) is 14.1 Å². The first kappa shape index (κ1) is 28.3. The zero-order chi connectivity index (χ0) is 28.3. The van der Waals surface area contributed by atoms with Crippen molar-refractivity contribution >= 4 is 11.4 Å². The Morgan fingerprint density at radius 2 is 2.00 bits per heavy atom. The number of aromatic nitrogens is 2. The molecule has 1 saturated carbocycles. The number of imidazole rings is 1. The molecule has 0 radical (unpaired) electrons. The zero-order valence-corrected chi connectivity index (χ0v) is 23.8. The van der Waals surface area contributed by atoms with Gasteiger partial charge in [-0.05, 0) is 48.2 Å². The number of carbonyl (C=O) groups is 1. The van der Waals surface area contributed by atoms with Gasteiger partial charge in [-0.1, -0.05) is 39.7 Å². The van der Waals surface area contributed by atoms with Crippen molar-refractivity contribution in [3.05, 3.63) is 60.4 Å². The molecule has 7 nitrogen and oxygen atoms in total. The van der Waals surface area contributed by atoms with Crippen molar-refractivity contribution in [3.63, 3.8) is 0 Å². The molecule has 5 rings (SSSR count). The Balaban J connectivity index is 1.46. The molecule has 0 bridgehead atoms. The monoisotopic (exact) mass is 549 g/mol. The molecule has 2 aliphatic rings. The predicted octanol–water partition coefficient (Wildman–Crippen LogP) is 6.24. The van der Waals surface area contributed by atoms with Crippen LogP contribution >= 0.6 is 0 Å². The maximum Gasteiger partial charge on any atom is 0.257 e. The molecule has 1 aliphatic carbocycles. The normalized spacial score (nSPS) is 17.1. The molecule has 1 atom stereocenters. The van der Waals surface area contributed by atoms with Crippen LogP contribution in [0.25, 0.3) is 16.9 Å². The topological polar surface area (TPSA) is 65.3 Å². The van der Waals surface area contributed by atoms with Crippen molar-refractivity contribution < 1.29 is 23.4 Å². The molecule has 3 heterocycles. The molecule has 8 heteroatoms. The molecule has 1 saturated heterocycles. The average molecular weight is 550 g/mol. The van der Waals surface area contributed by atoms with Gasteiger partial charge in [0.15, 0.2) is 5.78 Å². The minimum atomic E-state index is -1.75. The van der Waals surface area contributed by atoms with E-state index in [1.807, 2.05) is 16.7 Å². The van der Waals surface area contributed by atoms with Crippen molar-refractivity contribution in [1.82, 2.24) is 14.3 Å². The quantitative estimate of drug-likeness (QED) is 0.186. The average Bonchev–Trinajstić information content (AvgIpc) is 3.68. The van der Waals surface area contributed by atoms with E-state index < -0.39 is 6.36 Å². The zero-order valence-electron chi connectivity index (χ0n) is 23.8. The Kier molecular flexibility index (Phi) is 8.57. The van der Waals surface area contributed by atoms with E-state index in [1.54, 1.807) is 12.3 Å². The van der Waals surface area contributed by atoms with Crippen LogP contribution in [-0.4, -0.2) is 66.4 Å². The second kappa shape index (κ2) is 12.1. The van der Waals surface area contributed by atoms with Crippen LogP contribution in [0.15, 0.2) is 49.3 Å². The minimum Gasteiger partial charge on any atom is -0.496 e. The third-order valence-corrected chi connectivity index (χ3v) is 8.02. The fourth-order valence-corrected chi connectivity index (χ4v) is 5.54. The predicted molar refractivity (Wildman–Crippen MR) is 154 cm³/mol. The maximum atomic E-state index is 14.4. The van der Waals surface area contributed by atoms with E-state index in [0.717, 1.165) is 69.0 Å². The Morgan fingerprint density at radius 1 is 1.25 bits per heavy atom. The summed E-state index contributed by atoms with van der Waals surface area (Å²) in [4.78, 5) is 20.4. The van der Waals surface area contributed by atoms with E-state index in [4.69, 9.17) is 14.2 Å². The lowest BCUT2D eigenvalue weighted by molar-refractivity contribution is 0.0295. The first-order valence-electron chi connectivity index (χ1n) is 14.3. The van der Waals surface area contributed by atoms with Gasteiger partial charge in [0.2, 0.25) is 0 Å². The summed E-state index contributed by atoms with van der Waals surface area (Å²) in [6.07, 6.45) is 7.80. The third-order valence-electron chi connectivity index (χ3n) is 8.02. The highest BCUT2D eigenvalue weighted by Gasteiger charge is 2.27. The summed E-state index contributed by atoms with van der Waals surface area (Å²) in [5.41, 5.74) is 3.70. The van der Waals surface area contributed by atoms with Gasteiger partial charge in [-0.25, -0.2) is 4.98 Å². The molecule has 0 amide bonds. The van der Waals surface area contributed by atoms with Crippen LogP contribution in [-0.2, 0) is 10.2 Å². The van der Waals surface area contributed by atoms with Crippen LogP contribution in [0.2, 0.25) is 0 Å². The van der Waals surface area contributed by atoms with Gasteiger partial charge in [0.25, 0.3) is 6.36 Å². The van der Waals surface area contributed by atoms with E-state index >= 15 is 0 Å². The Morgan fingerprint density at radius 3 is 2.70 bits per heavy atom. The molecule has 40 heavy (non-hydrogen) atoms. The summed E-state index contributed by atoms with van der Waals surface area (Å²) < 4.78 is 33.1. The number of hydrogen-bond donors (Lipinski definition) is 0. The Bertz CT molecular complexity index is 1360. The minimum absolute atomic E-state index is 0.0717. The fraction of sp³-hybridized carbons (Fsp3) is 0.500. The maximum absolute atomic E-state index is 14.4. The number of methoxy groups -OCH3 is 1. The Labute approximate surface area is 235 Å². The highest BCUT2D eigenvalue weighted by molar-refractivity contribution is 6.02. The first-order valence-corrected chi connectivity index (χ1v) is 14.3. The van der Waals surface area contributed by atoms with E-state index in [2.05, 4.69) is 42.4 Å². The fourth-order valence-electron chi connectivity index (χ4n) is 5.54. The highest BCUT2D eigenvalue weighted by atomic mass is 19.1. The van der Waals surface area contributed by atoms with Crippen molar-refractivity contribution in [2.24, 2.45) is 5.92 Å². The summed E-state index contributed by atoms with van der Waals surface area (Å²) >= 11 is 0. The summed E-state index contributed by atoms with van der Waals surface area (Å²) in [5.74, 6) is 1.14. The number of morpholine rings is 1. The number of halogens is 1. The number of Topliss-reactive ketones (excluding diaryl/α,β-unsaturated/α-hetero) is 1. The smallest absolute Gasteiger partial charge is 0.257 e. The number of ether oxygens (including phenoxy) is 3. The number of fused-ring (bicyclic) bond motifs is 1. The van der Waals surface area contributed by atoms with Crippen LogP contribution in [0.3, 0.4) is 0 Å². The molecular weight excluding hydrogens is 509 g/mol. The summed E-state index contributed by atoms with van der Waals surface area (Å²) in [6.45, 7) is 12.3. The molecule has 1 aromatic carbocycles. The molecular formula is C32H40FN3O4. The number of ketones is 1. The second-order valence-corrected chi connectivity index (χ2v) is 11.6. The van der Waals surface area contributed by atoms with Gasteiger partial charge >= 0.3 is 0 Å². The van der Waals surface area contributed by atoms with E-state index in [0.29, 0.717) is 17.7 Å². The molecule has 0 N–H and O–H groups in total. The second-order valence-electron chi connectivity index (χ2n) is 11.6. The van der Waals surface area contributed by atoms with Gasteiger partial charge in [0.1, 0.15) is 22.7 Å². The number of nitrogens with zero attached hydrogens (tertiary/aromatic N) is 3. The summed E-state index contributed by atoms with van der Waals surface area (Å²) in [5, 5.41) is 0. The van der Waals surface area contributed by atoms with Crippen molar-refractivity contribution in [1.29, 1.82) is 0 Å². The molecule has 1 unspecified atom stereocenters. The number of alkyl halides is 1. The van der Waals surface area contributed by atoms with Gasteiger partial charge in [0, 0.05) is 43.2 Å². The third kappa shape index (κ3) is 6.39. The molecule has 2 aromatic heterocycles. The number of hydrogen-bond acceptors (Lipinski definition) is 6. The molecule has 214 valence electrons. The van der Waals surface area contributed by atoms with Crippen LogP contribution in [0.1, 0.15) is 61.9 Å². The van der Waals surface area contributed by atoms with E-state index in [-0.39, 0.29) is 22.5 Å². The number of rotatable bonds is 13. The molecule has 3 aromatic rings. The van der Waals surface area contributed by atoms with Crippen molar-refractivity contribution in [3.8, 4) is 22.8 Å². The molecule has 2 fully saturated rings. The van der Waals surface area contributed by atoms with Crippen LogP contribution in [0, 0.1) is 5.92 Å². The number of carbonyl (C=O) groups excluding carboxylic acids is 1. The lowest BCUT2D eigenvalue weighted by Crippen LogP contribution is -2.43. The Hall–Kier alpha value is -3.23. The lowest BCUT2D eigenvalue weighted by Gasteiger charge is -2.35. The van der Waals surface area contributed by atoms with Crippen molar-refractivity contribution in [2.45, 2.75) is 57.7 Å². The van der Waals surface area contributed by atoms with E-state index in [9.17, 15) is 9.18 Å². The molecule has 1 aliphatic heterocycles. The van der Waals surface area contributed by atoms with Gasteiger partial charge in [0.05, 0.1) is 32.2 Å². The number of benzene rings is 1. The van der Waals surface area contributed by atoms with Crippen molar-refractivity contribution in [2.75, 3.05) is 40.0 Å². The molecule has 0 spiro atoms.